The molecule has 0 bridgehead atoms. The maximum absolute atomic E-state index is 6.12. The average molecular weight is 308 g/mol. The first-order valence-corrected chi connectivity index (χ1v) is 6.77. The van der Waals surface area contributed by atoms with Gasteiger partial charge in [-0.05, 0) is 46.5 Å². The van der Waals surface area contributed by atoms with Gasteiger partial charge in [0.1, 0.15) is 0 Å². The largest absolute Gasteiger partial charge is 0.0843 e. The summed E-state index contributed by atoms with van der Waals surface area (Å²) in [5.41, 5.74) is 5.35. The van der Waals surface area contributed by atoms with Crippen LogP contribution in [-0.4, -0.2) is 0 Å². The van der Waals surface area contributed by atoms with Crippen LogP contribution in [0.25, 0.3) is 11.1 Å². The van der Waals surface area contributed by atoms with E-state index in [4.69, 9.17) is 11.6 Å². The van der Waals surface area contributed by atoms with Gasteiger partial charge in [-0.15, -0.1) is 0 Å². The van der Waals surface area contributed by atoms with Crippen molar-refractivity contribution in [2.75, 3.05) is 0 Å². The molecule has 1 aliphatic rings. The summed E-state index contributed by atoms with van der Waals surface area (Å²) in [6.07, 6.45) is 0. The number of fused-ring (bicyclic) bond motifs is 3. The monoisotopic (exact) mass is 306 g/mol. The molecule has 2 heteroatoms. The molecule has 0 aromatic heterocycles. The molecule has 3 rings (SSSR count). The van der Waals surface area contributed by atoms with Crippen molar-refractivity contribution in [1.82, 2.24) is 0 Å². The molecule has 2 aromatic rings. The van der Waals surface area contributed by atoms with Gasteiger partial charge < -0.3 is 0 Å². The molecule has 0 amide bonds. The molecule has 0 nitrogen and oxygen atoms in total. The molecule has 0 radical (unpaired) electrons. The Hall–Kier alpha value is -0.790. The van der Waals surface area contributed by atoms with Crippen LogP contribution in [0.2, 0.25) is 5.02 Å². The predicted octanol–water partition coefficient (Wildman–Crippen LogP) is 5.41. The van der Waals surface area contributed by atoms with E-state index in [1.807, 2.05) is 6.07 Å². The maximum atomic E-state index is 6.12. The molecular formula is C15H12BrCl. The van der Waals surface area contributed by atoms with E-state index in [1.165, 1.54) is 22.3 Å². The lowest BCUT2D eigenvalue weighted by Crippen LogP contribution is -2.14. The minimum atomic E-state index is 0.0380. The fraction of sp³-hybridized carbons (Fsp3) is 0.200. The van der Waals surface area contributed by atoms with Crippen molar-refractivity contribution < 1.29 is 0 Å². The van der Waals surface area contributed by atoms with Crippen molar-refractivity contribution >= 4 is 27.5 Å². The summed E-state index contributed by atoms with van der Waals surface area (Å²) in [6, 6.07) is 12.7. The molecule has 0 spiro atoms. The summed E-state index contributed by atoms with van der Waals surface area (Å²) in [4.78, 5) is 0. The lowest BCUT2D eigenvalue weighted by atomic mass is 9.82. The molecule has 2 aromatic carbocycles. The molecule has 0 N–H and O–H groups in total. The summed E-state index contributed by atoms with van der Waals surface area (Å²) in [7, 11) is 0. The van der Waals surface area contributed by atoms with Crippen molar-refractivity contribution in [2.45, 2.75) is 19.3 Å². The van der Waals surface area contributed by atoms with Gasteiger partial charge in [0.2, 0.25) is 0 Å². The second-order valence-electron chi connectivity index (χ2n) is 5.00. The molecule has 0 aliphatic heterocycles. The Labute approximate surface area is 115 Å². The van der Waals surface area contributed by atoms with E-state index in [9.17, 15) is 0 Å². The highest BCUT2D eigenvalue weighted by molar-refractivity contribution is 9.10. The van der Waals surface area contributed by atoms with Crippen LogP contribution in [0.5, 0.6) is 0 Å². The summed E-state index contributed by atoms with van der Waals surface area (Å²) in [6.45, 7) is 4.50. The van der Waals surface area contributed by atoms with Gasteiger partial charge in [-0.2, -0.15) is 0 Å². The van der Waals surface area contributed by atoms with Crippen molar-refractivity contribution in [3.05, 3.63) is 57.0 Å². The third-order valence-electron chi connectivity index (χ3n) is 3.60. The van der Waals surface area contributed by atoms with Crippen molar-refractivity contribution in [3.8, 4) is 11.1 Å². The fourth-order valence-electron chi connectivity index (χ4n) is 2.70. The molecule has 0 saturated heterocycles. The smallest absolute Gasteiger partial charge is 0.0409 e. The fourth-order valence-corrected chi connectivity index (χ4v) is 3.23. The lowest BCUT2D eigenvalue weighted by molar-refractivity contribution is 0.660. The molecule has 0 fully saturated rings. The van der Waals surface area contributed by atoms with Crippen LogP contribution in [0.4, 0.5) is 0 Å². The first kappa shape index (κ1) is 11.3. The van der Waals surface area contributed by atoms with E-state index in [0.717, 1.165) is 9.50 Å². The summed E-state index contributed by atoms with van der Waals surface area (Å²) >= 11 is 9.66. The van der Waals surface area contributed by atoms with Crippen molar-refractivity contribution in [2.24, 2.45) is 0 Å². The number of benzene rings is 2. The number of rotatable bonds is 0. The Morgan fingerprint density at radius 1 is 0.941 bits per heavy atom. The van der Waals surface area contributed by atoms with Gasteiger partial charge in [-0.1, -0.05) is 53.5 Å². The number of hydrogen-bond donors (Lipinski definition) is 0. The Bertz CT molecular complexity index is 614. The van der Waals surface area contributed by atoms with Gasteiger partial charge in [0.25, 0.3) is 0 Å². The van der Waals surface area contributed by atoms with Gasteiger partial charge in [0, 0.05) is 14.9 Å². The third kappa shape index (κ3) is 1.56. The molecule has 0 saturated carbocycles. The van der Waals surface area contributed by atoms with E-state index >= 15 is 0 Å². The first-order valence-electron chi connectivity index (χ1n) is 5.60. The van der Waals surface area contributed by atoms with Crippen LogP contribution in [0.15, 0.2) is 40.9 Å². The molecule has 0 unspecified atom stereocenters. The highest BCUT2D eigenvalue weighted by atomic mass is 79.9. The highest BCUT2D eigenvalue weighted by Crippen LogP contribution is 2.49. The van der Waals surface area contributed by atoms with Crippen molar-refractivity contribution in [3.63, 3.8) is 0 Å². The number of halogens is 2. The van der Waals surface area contributed by atoms with Crippen LogP contribution in [0.1, 0.15) is 25.0 Å². The summed E-state index contributed by atoms with van der Waals surface area (Å²) < 4.78 is 1.12. The van der Waals surface area contributed by atoms with E-state index in [2.05, 4.69) is 60.1 Å². The van der Waals surface area contributed by atoms with Crippen LogP contribution in [-0.2, 0) is 5.41 Å². The maximum Gasteiger partial charge on any atom is 0.0409 e. The average Bonchev–Trinajstić information content (AvgIpc) is 2.48. The Kier molecular flexibility index (Phi) is 2.39. The predicted molar refractivity (Wildman–Crippen MR) is 76.7 cm³/mol. The molecule has 0 heterocycles. The van der Waals surface area contributed by atoms with Crippen LogP contribution < -0.4 is 0 Å². The van der Waals surface area contributed by atoms with E-state index in [1.54, 1.807) is 0 Å². The topological polar surface area (TPSA) is 0 Å². The van der Waals surface area contributed by atoms with Gasteiger partial charge in [-0.25, -0.2) is 0 Å². The van der Waals surface area contributed by atoms with Crippen LogP contribution in [0.3, 0.4) is 0 Å². The Morgan fingerprint density at radius 2 is 1.71 bits per heavy atom. The van der Waals surface area contributed by atoms with Gasteiger partial charge >= 0.3 is 0 Å². The van der Waals surface area contributed by atoms with Crippen LogP contribution in [0, 0.1) is 0 Å². The normalized spacial score (nSPS) is 15.5. The summed E-state index contributed by atoms with van der Waals surface area (Å²) in [5, 5.41) is 0.809. The second kappa shape index (κ2) is 3.60. The molecule has 17 heavy (non-hydrogen) atoms. The first-order chi connectivity index (χ1) is 8.00. The molecule has 86 valence electrons. The van der Waals surface area contributed by atoms with Crippen LogP contribution >= 0.6 is 27.5 Å². The van der Waals surface area contributed by atoms with Crippen molar-refractivity contribution in [1.29, 1.82) is 0 Å². The van der Waals surface area contributed by atoms with Gasteiger partial charge in [-0.3, -0.25) is 0 Å². The van der Waals surface area contributed by atoms with Gasteiger partial charge in [0.15, 0.2) is 0 Å². The zero-order valence-electron chi connectivity index (χ0n) is 9.72. The molecular weight excluding hydrogens is 296 g/mol. The quantitative estimate of drug-likeness (QED) is 0.610. The van der Waals surface area contributed by atoms with E-state index < -0.39 is 0 Å². The standard InChI is InChI=1S/C15H12BrCl/c1-15(2)13-6-3-9(16)7-12(13)11-5-4-10(17)8-14(11)15/h3-8H,1-2H3. The Morgan fingerprint density at radius 3 is 2.47 bits per heavy atom. The summed E-state index contributed by atoms with van der Waals surface area (Å²) in [5.74, 6) is 0. The minimum absolute atomic E-state index is 0.0380. The molecule has 1 aliphatic carbocycles. The SMILES string of the molecule is CC1(C)c2ccc(Br)cc2-c2ccc(Cl)cc21. The van der Waals surface area contributed by atoms with E-state index in [-0.39, 0.29) is 5.41 Å². The lowest BCUT2D eigenvalue weighted by Gasteiger charge is -2.21. The zero-order valence-corrected chi connectivity index (χ0v) is 12.1. The molecule has 0 atom stereocenters. The Balaban J connectivity index is 2.38. The van der Waals surface area contributed by atoms with E-state index in [0.29, 0.717) is 0 Å². The number of hydrogen-bond acceptors (Lipinski definition) is 0. The minimum Gasteiger partial charge on any atom is -0.0843 e. The second-order valence-corrected chi connectivity index (χ2v) is 6.36. The zero-order chi connectivity index (χ0) is 12.2. The highest BCUT2D eigenvalue weighted by Gasteiger charge is 2.35. The third-order valence-corrected chi connectivity index (χ3v) is 4.33. The van der Waals surface area contributed by atoms with Gasteiger partial charge in [0.05, 0.1) is 0 Å².